The van der Waals surface area contributed by atoms with Crippen molar-refractivity contribution in [3.63, 3.8) is 0 Å². The van der Waals surface area contributed by atoms with Crippen LogP contribution in [-0.4, -0.2) is 31.3 Å². The van der Waals surface area contributed by atoms with Gasteiger partial charge in [-0.1, -0.05) is 31.2 Å². The Kier molecular flexibility index (Phi) is 5.65. The number of benzene rings is 2. The maximum Gasteiger partial charge on any atom is 0.338 e. The van der Waals surface area contributed by atoms with Crippen LogP contribution in [0.1, 0.15) is 28.4 Å². The molecule has 0 amide bonds. The molecule has 0 radical (unpaired) electrons. The maximum atomic E-state index is 12.9. The van der Waals surface area contributed by atoms with Gasteiger partial charge in [-0.2, -0.15) is 5.10 Å². The van der Waals surface area contributed by atoms with Crippen LogP contribution in [0.2, 0.25) is 0 Å². The molecule has 0 aliphatic rings. The van der Waals surface area contributed by atoms with Crippen LogP contribution < -0.4 is 0 Å². The van der Waals surface area contributed by atoms with Gasteiger partial charge in [0.25, 0.3) is 0 Å². The number of carbonyl (C=O) groups is 1. The molecule has 0 fully saturated rings. The summed E-state index contributed by atoms with van der Waals surface area (Å²) in [6.45, 7) is 1.93. The van der Waals surface area contributed by atoms with Crippen LogP contribution in [0.5, 0.6) is 0 Å². The number of nitrogens with zero attached hydrogens (tertiary/aromatic N) is 2. The molecule has 0 N–H and O–H groups in total. The van der Waals surface area contributed by atoms with E-state index in [-0.39, 0.29) is 10.6 Å². The summed E-state index contributed by atoms with van der Waals surface area (Å²) in [5.41, 5.74) is 3.04. The molecule has 0 aliphatic heterocycles. The fourth-order valence-electron chi connectivity index (χ4n) is 3.27. The topological polar surface area (TPSA) is 78.3 Å². The second-order valence-electron chi connectivity index (χ2n) is 6.42. The average molecular weight is 398 g/mol. The standard InChI is InChI=1S/C21H22N2O4S/c1-4-17-15(14-28(25,26)16-8-6-5-7-9-16)10-11-18(21(24)27-3)20(17)19-12-13-23(2)22-19/h5-13H,4,14H2,1-3H3. The van der Waals surface area contributed by atoms with Gasteiger partial charge in [0.1, 0.15) is 0 Å². The lowest BCUT2D eigenvalue weighted by molar-refractivity contribution is 0.0601. The minimum absolute atomic E-state index is 0.151. The Balaban J connectivity index is 2.17. The van der Waals surface area contributed by atoms with Gasteiger partial charge in [0.15, 0.2) is 9.84 Å². The second-order valence-corrected chi connectivity index (χ2v) is 8.41. The van der Waals surface area contributed by atoms with Crippen LogP contribution in [0.15, 0.2) is 59.6 Å². The van der Waals surface area contributed by atoms with E-state index in [1.807, 2.05) is 6.92 Å². The van der Waals surface area contributed by atoms with Crippen molar-refractivity contribution >= 4 is 15.8 Å². The van der Waals surface area contributed by atoms with Gasteiger partial charge in [-0.3, -0.25) is 4.68 Å². The van der Waals surface area contributed by atoms with Crippen molar-refractivity contribution in [2.75, 3.05) is 7.11 Å². The lowest BCUT2D eigenvalue weighted by Crippen LogP contribution is -2.11. The summed E-state index contributed by atoms with van der Waals surface area (Å²) in [5.74, 6) is -0.630. The Morgan fingerprint density at radius 1 is 1.11 bits per heavy atom. The summed E-state index contributed by atoms with van der Waals surface area (Å²) in [6.07, 6.45) is 2.33. The molecule has 6 nitrogen and oxygen atoms in total. The monoisotopic (exact) mass is 398 g/mol. The summed E-state index contributed by atoms with van der Waals surface area (Å²) < 4.78 is 32.3. The highest BCUT2D eigenvalue weighted by atomic mass is 32.2. The first kappa shape index (κ1) is 19.8. The van der Waals surface area contributed by atoms with Crippen LogP contribution in [0.25, 0.3) is 11.3 Å². The van der Waals surface area contributed by atoms with Crippen LogP contribution >= 0.6 is 0 Å². The van der Waals surface area contributed by atoms with Crippen molar-refractivity contribution in [2.45, 2.75) is 24.0 Å². The summed E-state index contributed by atoms with van der Waals surface area (Å²) in [5, 5.41) is 4.42. The molecule has 0 bridgehead atoms. The van der Waals surface area contributed by atoms with E-state index in [4.69, 9.17) is 4.74 Å². The number of hydrogen-bond acceptors (Lipinski definition) is 5. The molecule has 1 heterocycles. The third kappa shape index (κ3) is 3.84. The fourth-order valence-corrected chi connectivity index (χ4v) is 4.69. The Hall–Kier alpha value is -2.93. The van der Waals surface area contributed by atoms with Crippen LogP contribution in [0.3, 0.4) is 0 Å². The largest absolute Gasteiger partial charge is 0.465 e. The number of sulfone groups is 1. The number of ether oxygens (including phenoxy) is 1. The molecule has 0 spiro atoms. The highest BCUT2D eigenvalue weighted by Crippen LogP contribution is 2.32. The minimum Gasteiger partial charge on any atom is -0.465 e. The average Bonchev–Trinajstić information content (AvgIpc) is 3.13. The summed E-state index contributed by atoms with van der Waals surface area (Å²) in [4.78, 5) is 12.6. The molecule has 0 atom stereocenters. The van der Waals surface area contributed by atoms with Crippen molar-refractivity contribution < 1.29 is 17.9 Å². The minimum atomic E-state index is -3.52. The van der Waals surface area contributed by atoms with Gasteiger partial charge in [0.05, 0.1) is 29.0 Å². The van der Waals surface area contributed by atoms with Crippen molar-refractivity contribution in [3.05, 3.63) is 71.4 Å². The zero-order chi connectivity index (χ0) is 20.3. The van der Waals surface area contributed by atoms with Crippen LogP contribution in [0.4, 0.5) is 0 Å². The number of carbonyl (C=O) groups excluding carboxylic acids is 1. The number of rotatable bonds is 6. The van der Waals surface area contributed by atoms with Gasteiger partial charge in [0.2, 0.25) is 0 Å². The van der Waals surface area contributed by atoms with Crippen LogP contribution in [-0.2, 0) is 33.8 Å². The zero-order valence-electron chi connectivity index (χ0n) is 16.0. The summed E-state index contributed by atoms with van der Waals surface area (Å²) >= 11 is 0. The number of aromatic nitrogens is 2. The summed E-state index contributed by atoms with van der Waals surface area (Å²) in [6, 6.07) is 13.5. The van der Waals surface area contributed by atoms with Gasteiger partial charge in [-0.25, -0.2) is 13.2 Å². The van der Waals surface area contributed by atoms with E-state index in [0.29, 0.717) is 28.8 Å². The number of esters is 1. The first-order valence-electron chi connectivity index (χ1n) is 8.88. The first-order chi connectivity index (χ1) is 13.4. The van der Waals surface area contributed by atoms with E-state index in [2.05, 4.69) is 5.10 Å². The molecule has 0 aliphatic carbocycles. The second kappa shape index (κ2) is 7.98. The van der Waals surface area contributed by atoms with Gasteiger partial charge in [-0.15, -0.1) is 0 Å². The lowest BCUT2D eigenvalue weighted by Gasteiger charge is -2.16. The Bertz CT molecular complexity index is 1100. The molecule has 146 valence electrons. The van der Waals surface area contributed by atoms with Gasteiger partial charge in [-0.05, 0) is 41.8 Å². The van der Waals surface area contributed by atoms with Crippen molar-refractivity contribution in [1.29, 1.82) is 0 Å². The molecule has 3 rings (SSSR count). The Morgan fingerprint density at radius 3 is 2.39 bits per heavy atom. The van der Waals surface area contributed by atoms with Crippen molar-refractivity contribution in [1.82, 2.24) is 9.78 Å². The zero-order valence-corrected chi connectivity index (χ0v) is 16.9. The van der Waals surface area contributed by atoms with E-state index >= 15 is 0 Å². The van der Waals surface area contributed by atoms with E-state index in [1.165, 1.54) is 7.11 Å². The molecule has 0 saturated heterocycles. The molecule has 7 heteroatoms. The van der Waals surface area contributed by atoms with Crippen molar-refractivity contribution in [3.8, 4) is 11.3 Å². The maximum absolute atomic E-state index is 12.9. The highest BCUT2D eigenvalue weighted by molar-refractivity contribution is 7.90. The van der Waals surface area contributed by atoms with Crippen molar-refractivity contribution in [2.24, 2.45) is 7.05 Å². The molecule has 28 heavy (non-hydrogen) atoms. The highest BCUT2D eigenvalue weighted by Gasteiger charge is 2.24. The third-order valence-corrected chi connectivity index (χ3v) is 6.27. The van der Waals surface area contributed by atoms with Crippen LogP contribution in [0, 0.1) is 0 Å². The Labute approximate surface area is 164 Å². The van der Waals surface area contributed by atoms with Gasteiger partial charge < -0.3 is 4.74 Å². The smallest absolute Gasteiger partial charge is 0.338 e. The molecule has 1 aromatic heterocycles. The molecule has 3 aromatic rings. The number of methoxy groups -OCH3 is 1. The Morgan fingerprint density at radius 2 is 1.82 bits per heavy atom. The van der Waals surface area contributed by atoms with E-state index in [1.54, 1.807) is 66.5 Å². The number of aryl methyl sites for hydroxylation is 1. The molecular formula is C21H22N2O4S. The predicted octanol–water partition coefficient (Wildman–Crippen LogP) is 3.41. The SMILES string of the molecule is CCc1c(CS(=O)(=O)c2ccccc2)ccc(C(=O)OC)c1-c1ccn(C)n1. The molecule has 2 aromatic carbocycles. The molecule has 0 saturated carbocycles. The first-order valence-corrected chi connectivity index (χ1v) is 10.5. The lowest BCUT2D eigenvalue weighted by atomic mass is 9.92. The van der Waals surface area contributed by atoms with E-state index in [0.717, 1.165) is 5.56 Å². The summed E-state index contributed by atoms with van der Waals surface area (Å²) in [7, 11) is -0.408. The third-order valence-electron chi connectivity index (χ3n) is 4.59. The molecular weight excluding hydrogens is 376 g/mol. The molecule has 0 unspecified atom stereocenters. The normalized spacial score (nSPS) is 11.4. The van der Waals surface area contributed by atoms with E-state index in [9.17, 15) is 13.2 Å². The van der Waals surface area contributed by atoms with E-state index < -0.39 is 15.8 Å². The van der Waals surface area contributed by atoms with Gasteiger partial charge in [0, 0.05) is 18.8 Å². The fraction of sp³-hybridized carbons (Fsp3) is 0.238. The quantitative estimate of drug-likeness (QED) is 0.595. The number of hydrogen-bond donors (Lipinski definition) is 0. The van der Waals surface area contributed by atoms with Gasteiger partial charge >= 0.3 is 5.97 Å². The predicted molar refractivity (Wildman–Crippen MR) is 107 cm³/mol.